The van der Waals surface area contributed by atoms with Crippen LogP contribution in [0.15, 0.2) is 35.1 Å². The first kappa shape index (κ1) is 20.5. The van der Waals surface area contributed by atoms with E-state index < -0.39 is 6.03 Å². The number of carbonyl (C=O) groups is 1. The largest absolute Gasteiger partial charge is 0.368 e. The maximum atomic E-state index is 11.2. The number of quaternary nitrogens is 1. The van der Waals surface area contributed by atoms with Gasteiger partial charge >= 0.3 is 6.03 Å². The quantitative estimate of drug-likeness (QED) is 0.710. The third kappa shape index (κ3) is 4.38. The summed E-state index contributed by atoms with van der Waals surface area (Å²) in [6, 6.07) is 5.23. The highest BCUT2D eigenvalue weighted by Crippen LogP contribution is 2.35. The minimum atomic E-state index is -0.561. The van der Waals surface area contributed by atoms with E-state index in [4.69, 9.17) is 34.0 Å². The molecule has 2 amide bonds. The van der Waals surface area contributed by atoms with E-state index in [2.05, 4.69) is 15.1 Å². The number of rotatable bonds is 4. The lowest BCUT2D eigenvalue weighted by Crippen LogP contribution is -2.52. The highest BCUT2D eigenvalue weighted by atomic mass is 35.5. The predicted molar refractivity (Wildman–Crippen MR) is 117 cm³/mol. The Balaban J connectivity index is 1.36. The van der Waals surface area contributed by atoms with Crippen LogP contribution in [0.2, 0.25) is 10.0 Å². The molecule has 4 rings (SSSR count). The second-order valence-corrected chi connectivity index (χ2v) is 8.62. The molecule has 0 spiro atoms. The summed E-state index contributed by atoms with van der Waals surface area (Å²) < 4.78 is 0.607. The summed E-state index contributed by atoms with van der Waals surface area (Å²) in [5, 5.41) is 8.70. The summed E-state index contributed by atoms with van der Waals surface area (Å²) in [5.74, 6) is 0.592. The van der Waals surface area contributed by atoms with Crippen LogP contribution in [0.3, 0.4) is 0 Å². The first-order chi connectivity index (χ1) is 14.0. The third-order valence-electron chi connectivity index (χ3n) is 6.03. The van der Waals surface area contributed by atoms with Gasteiger partial charge in [0.25, 0.3) is 0 Å². The number of carbonyl (C=O) groups excluding carboxylic acids is 1. The number of anilines is 1. The molecule has 7 nitrogen and oxygen atoms in total. The van der Waals surface area contributed by atoms with E-state index in [1.807, 2.05) is 24.3 Å². The molecule has 1 aromatic carbocycles. The highest BCUT2D eigenvalue weighted by Gasteiger charge is 2.41. The van der Waals surface area contributed by atoms with E-state index >= 15 is 0 Å². The van der Waals surface area contributed by atoms with Crippen molar-refractivity contribution in [1.29, 1.82) is 0 Å². The molecular weight excluding hydrogens is 411 g/mol. The van der Waals surface area contributed by atoms with Gasteiger partial charge in [0.2, 0.25) is 0 Å². The zero-order chi connectivity index (χ0) is 20.4. The lowest BCUT2D eigenvalue weighted by Gasteiger charge is -2.39. The molecule has 3 aliphatic rings. The lowest BCUT2D eigenvalue weighted by molar-refractivity contribution is -0.901. The number of halogens is 2. The molecule has 1 atom stereocenters. The summed E-state index contributed by atoms with van der Waals surface area (Å²) >= 11 is 12.6. The van der Waals surface area contributed by atoms with E-state index in [1.54, 1.807) is 0 Å². The van der Waals surface area contributed by atoms with Crippen LogP contribution >= 0.6 is 23.2 Å². The number of hydrogen-bond acceptors (Lipinski definition) is 4. The zero-order valence-corrected chi connectivity index (χ0v) is 17.9. The Morgan fingerprint density at radius 1 is 1.21 bits per heavy atom. The SMILES string of the molecule is NC(=O)NC1=N[N+]2(CCN3CCN(c4cccc(Cl)c4Cl)CC3)CCCCC2=C1. The number of piperidine rings is 1. The molecule has 3 N–H and O–H groups in total. The summed E-state index contributed by atoms with van der Waals surface area (Å²) in [6.45, 7) is 6.63. The number of allylic oxidation sites excluding steroid dienone is 1. The summed E-state index contributed by atoms with van der Waals surface area (Å²) in [7, 11) is 0. The van der Waals surface area contributed by atoms with Gasteiger partial charge in [-0.05, 0) is 25.0 Å². The van der Waals surface area contributed by atoms with Crippen LogP contribution < -0.4 is 16.0 Å². The van der Waals surface area contributed by atoms with Gasteiger partial charge in [0, 0.05) is 38.7 Å². The van der Waals surface area contributed by atoms with Crippen molar-refractivity contribution < 1.29 is 9.39 Å². The Morgan fingerprint density at radius 3 is 2.76 bits per heavy atom. The number of nitrogens with two attached hydrogens (primary N) is 1. The topological polar surface area (TPSA) is 74.0 Å². The number of piperazine rings is 1. The Labute approximate surface area is 181 Å². The van der Waals surface area contributed by atoms with Crippen LogP contribution in [0.4, 0.5) is 10.5 Å². The number of amidine groups is 1. The first-order valence-corrected chi connectivity index (χ1v) is 10.9. The number of primary amides is 1. The second kappa shape index (κ2) is 8.52. The first-order valence-electron chi connectivity index (χ1n) is 10.1. The third-order valence-corrected chi connectivity index (χ3v) is 6.84. The molecule has 3 heterocycles. The molecule has 2 saturated heterocycles. The smallest absolute Gasteiger partial charge is 0.317 e. The standard InChI is InChI=1S/C20H26Cl2N6O/c21-16-5-3-6-17(19(16)22)27-9-7-26(8-10-27)11-13-28-12-2-1-4-15(28)14-18(25-28)24-20(23)29/h3,5-6,14H,1-2,4,7-13H2,(H2-,23,24,25,29)/p+1. The fourth-order valence-electron chi connectivity index (χ4n) is 4.48. The van der Waals surface area contributed by atoms with Gasteiger partial charge in [-0.3, -0.25) is 10.2 Å². The van der Waals surface area contributed by atoms with Crippen molar-refractivity contribution in [3.8, 4) is 0 Å². The minimum absolute atomic E-state index is 0.561. The van der Waals surface area contributed by atoms with Crippen LogP contribution in [0, 0.1) is 0 Å². The molecule has 0 bridgehead atoms. The van der Waals surface area contributed by atoms with Gasteiger partial charge in [-0.1, -0.05) is 34.4 Å². The molecule has 29 heavy (non-hydrogen) atoms. The van der Waals surface area contributed by atoms with Gasteiger partial charge < -0.3 is 10.6 Å². The summed E-state index contributed by atoms with van der Waals surface area (Å²) in [6.07, 6.45) is 5.34. The van der Waals surface area contributed by atoms with Crippen molar-refractivity contribution in [1.82, 2.24) is 10.2 Å². The number of nitrogens with one attached hydrogen (secondary N) is 1. The Kier molecular flexibility index (Phi) is 6.01. The van der Waals surface area contributed by atoms with Crippen LogP contribution in [0.1, 0.15) is 19.3 Å². The molecule has 2 fully saturated rings. The number of hydrogen-bond donors (Lipinski definition) is 2. The van der Waals surface area contributed by atoms with Crippen LogP contribution in [-0.4, -0.2) is 67.2 Å². The molecule has 156 valence electrons. The van der Waals surface area contributed by atoms with Gasteiger partial charge in [0.05, 0.1) is 22.3 Å². The Hall–Kier alpha value is -1.80. The molecule has 0 aromatic heterocycles. The predicted octanol–water partition coefficient (Wildman–Crippen LogP) is 3.00. The highest BCUT2D eigenvalue weighted by molar-refractivity contribution is 6.43. The van der Waals surface area contributed by atoms with Crippen molar-refractivity contribution in [2.75, 3.05) is 50.7 Å². The average molecular weight is 438 g/mol. The average Bonchev–Trinajstić information content (AvgIpc) is 3.06. The van der Waals surface area contributed by atoms with Crippen molar-refractivity contribution in [3.63, 3.8) is 0 Å². The maximum absolute atomic E-state index is 11.2. The number of nitrogens with zero attached hydrogens (tertiary/aromatic N) is 4. The number of benzene rings is 1. The van der Waals surface area contributed by atoms with Crippen LogP contribution in [0.25, 0.3) is 0 Å². The van der Waals surface area contributed by atoms with Gasteiger partial charge in [0.15, 0.2) is 5.84 Å². The maximum Gasteiger partial charge on any atom is 0.317 e. The molecule has 1 unspecified atom stereocenters. The van der Waals surface area contributed by atoms with E-state index in [-0.39, 0.29) is 0 Å². The molecule has 0 radical (unpaired) electrons. The molecular formula is C20H27Cl2N6O+. The molecule has 0 aliphatic carbocycles. The van der Waals surface area contributed by atoms with Crippen molar-refractivity contribution >= 4 is 40.8 Å². The molecule has 9 heteroatoms. The van der Waals surface area contributed by atoms with Crippen molar-refractivity contribution in [3.05, 3.63) is 40.0 Å². The van der Waals surface area contributed by atoms with E-state index in [9.17, 15) is 4.79 Å². The van der Waals surface area contributed by atoms with Gasteiger partial charge in [-0.2, -0.15) is 4.59 Å². The zero-order valence-electron chi connectivity index (χ0n) is 16.4. The molecule has 1 aromatic rings. The lowest BCUT2D eigenvalue weighted by atomic mass is 10.1. The van der Waals surface area contributed by atoms with Crippen LogP contribution in [0.5, 0.6) is 0 Å². The van der Waals surface area contributed by atoms with Gasteiger partial charge in [0.1, 0.15) is 18.8 Å². The fraction of sp³-hybridized carbons (Fsp3) is 0.500. The van der Waals surface area contributed by atoms with E-state index in [0.29, 0.717) is 20.5 Å². The van der Waals surface area contributed by atoms with Crippen molar-refractivity contribution in [2.45, 2.75) is 19.3 Å². The minimum Gasteiger partial charge on any atom is -0.368 e. The van der Waals surface area contributed by atoms with Crippen molar-refractivity contribution in [2.24, 2.45) is 10.8 Å². The normalized spacial score (nSPS) is 24.7. The molecule has 0 saturated carbocycles. The van der Waals surface area contributed by atoms with Gasteiger partial charge in [-0.15, -0.1) is 0 Å². The van der Waals surface area contributed by atoms with E-state index in [1.165, 1.54) is 12.1 Å². The molecule has 3 aliphatic heterocycles. The number of fused-ring (bicyclic) bond motifs is 1. The fourth-order valence-corrected chi connectivity index (χ4v) is 4.89. The van der Waals surface area contributed by atoms with Crippen LogP contribution in [-0.2, 0) is 0 Å². The summed E-state index contributed by atoms with van der Waals surface area (Å²) in [4.78, 5) is 16.0. The Morgan fingerprint density at radius 2 is 2.00 bits per heavy atom. The number of amides is 2. The van der Waals surface area contributed by atoms with Gasteiger partial charge in [-0.25, -0.2) is 4.79 Å². The Bertz CT molecular complexity index is 849. The number of urea groups is 1. The second-order valence-electron chi connectivity index (χ2n) is 7.84. The summed E-state index contributed by atoms with van der Waals surface area (Å²) in [5.41, 5.74) is 7.57. The monoisotopic (exact) mass is 437 g/mol. The van der Waals surface area contributed by atoms with E-state index in [0.717, 1.165) is 64.3 Å².